The zero-order valence-corrected chi connectivity index (χ0v) is 25.1. The van der Waals surface area contributed by atoms with Crippen LogP contribution in [0.15, 0.2) is 54.7 Å². The molecule has 0 saturated carbocycles. The first-order valence-electron chi connectivity index (χ1n) is 14.0. The van der Waals surface area contributed by atoms with Gasteiger partial charge in [0.1, 0.15) is 29.0 Å². The molecule has 1 fully saturated rings. The molecule has 12 heteroatoms. The van der Waals surface area contributed by atoms with E-state index in [1.807, 2.05) is 12.1 Å². The summed E-state index contributed by atoms with van der Waals surface area (Å²) in [6.07, 6.45) is 1.72. The molecule has 1 saturated heterocycles. The van der Waals surface area contributed by atoms with Gasteiger partial charge in [0.2, 0.25) is 0 Å². The molecule has 2 aliphatic heterocycles. The molecular formula is C32H30ClF2N5O4. The van der Waals surface area contributed by atoms with Gasteiger partial charge in [0.15, 0.2) is 0 Å². The van der Waals surface area contributed by atoms with Crippen molar-refractivity contribution >= 4 is 34.7 Å². The van der Waals surface area contributed by atoms with Crippen LogP contribution in [0.3, 0.4) is 0 Å². The van der Waals surface area contributed by atoms with Crippen molar-refractivity contribution in [2.75, 3.05) is 44.2 Å². The Labute approximate surface area is 258 Å². The fraction of sp³-hybridized carbons (Fsp3) is 0.281. The van der Waals surface area contributed by atoms with Crippen molar-refractivity contribution < 1.29 is 27.8 Å². The fourth-order valence-electron chi connectivity index (χ4n) is 5.54. The van der Waals surface area contributed by atoms with Crippen LogP contribution in [0.1, 0.15) is 28.5 Å². The highest BCUT2D eigenvalue weighted by molar-refractivity contribution is 6.34. The molecule has 4 heterocycles. The summed E-state index contributed by atoms with van der Waals surface area (Å²) in [7, 11) is 3.09. The maximum Gasteiger partial charge on any atom is 0.257 e. The minimum atomic E-state index is -0.834. The average Bonchev–Trinajstić information content (AvgIpc) is 3.32. The summed E-state index contributed by atoms with van der Waals surface area (Å²) in [6, 6.07) is 12.9. The number of anilines is 3. The highest BCUT2D eigenvalue weighted by Gasteiger charge is 2.33. The Morgan fingerprint density at radius 1 is 1.07 bits per heavy atom. The number of methoxy groups -OCH3 is 2. The van der Waals surface area contributed by atoms with Gasteiger partial charge in [-0.25, -0.2) is 18.7 Å². The number of pyridine rings is 2. The van der Waals surface area contributed by atoms with E-state index in [9.17, 15) is 4.79 Å². The minimum Gasteiger partial charge on any atom is -0.497 e. The molecule has 1 amide bonds. The minimum absolute atomic E-state index is 0.00548. The van der Waals surface area contributed by atoms with E-state index in [2.05, 4.69) is 27.1 Å². The molecule has 9 nitrogen and oxygen atoms in total. The zero-order valence-electron chi connectivity index (χ0n) is 24.4. The van der Waals surface area contributed by atoms with E-state index in [0.717, 1.165) is 17.8 Å². The van der Waals surface area contributed by atoms with Crippen LogP contribution in [0.2, 0.25) is 5.02 Å². The molecule has 2 aromatic heterocycles. The lowest BCUT2D eigenvalue weighted by atomic mass is 10.1. The maximum atomic E-state index is 15.4. The Balaban J connectivity index is 1.21. The zero-order chi connectivity index (χ0) is 31.0. The predicted molar refractivity (Wildman–Crippen MR) is 163 cm³/mol. The van der Waals surface area contributed by atoms with Gasteiger partial charge >= 0.3 is 0 Å². The standard InChI is InChI=1S/C32H30ClF2N5O4/c1-18-17-44-9-8-40(18)21-5-7-29(36-14-21)37-20-10-24(34)31(25(35)11-20)26-13-23(33)30-27(38-26)16-39(32(30)41)15-19-4-6-22(42-2)12-28(19)43-3/h4-7,10-14,18H,8-9,15-17H2,1-3H3,(H,36,37). The number of nitrogens with zero attached hydrogens (tertiary/aromatic N) is 4. The quantitative estimate of drug-likeness (QED) is 0.248. The first-order valence-corrected chi connectivity index (χ1v) is 14.4. The van der Waals surface area contributed by atoms with Crippen LogP contribution in [-0.4, -0.2) is 60.8 Å². The molecule has 6 rings (SSSR count). The molecule has 2 aliphatic rings. The number of rotatable bonds is 8. The number of halogens is 3. The number of ether oxygens (including phenoxy) is 3. The number of amides is 1. The fourth-order valence-corrected chi connectivity index (χ4v) is 5.83. The first kappa shape index (κ1) is 29.6. The van der Waals surface area contributed by atoms with E-state index in [1.54, 1.807) is 36.4 Å². The number of fused-ring (bicyclic) bond motifs is 1. The molecule has 0 bridgehead atoms. The van der Waals surface area contributed by atoms with Crippen molar-refractivity contribution in [2.24, 2.45) is 0 Å². The maximum absolute atomic E-state index is 15.4. The number of morpholine rings is 1. The van der Waals surface area contributed by atoms with Gasteiger partial charge in [-0.3, -0.25) is 4.79 Å². The van der Waals surface area contributed by atoms with Gasteiger partial charge in [0.25, 0.3) is 5.91 Å². The van der Waals surface area contributed by atoms with E-state index in [0.29, 0.717) is 36.2 Å². The summed E-state index contributed by atoms with van der Waals surface area (Å²) in [5.74, 6) is -0.383. The molecule has 1 unspecified atom stereocenters. The molecule has 0 radical (unpaired) electrons. The molecule has 228 valence electrons. The van der Waals surface area contributed by atoms with Crippen molar-refractivity contribution in [3.05, 3.63) is 88.2 Å². The van der Waals surface area contributed by atoms with Gasteiger partial charge in [-0.2, -0.15) is 0 Å². The Morgan fingerprint density at radius 3 is 2.55 bits per heavy atom. The van der Waals surface area contributed by atoms with Crippen LogP contribution in [-0.2, 0) is 17.8 Å². The van der Waals surface area contributed by atoms with Crippen LogP contribution in [0, 0.1) is 11.6 Å². The third kappa shape index (κ3) is 5.72. The lowest BCUT2D eigenvalue weighted by Crippen LogP contribution is -2.43. The highest BCUT2D eigenvalue weighted by atomic mass is 35.5. The molecule has 0 spiro atoms. The summed E-state index contributed by atoms with van der Waals surface area (Å²) >= 11 is 6.50. The normalized spacial score (nSPS) is 16.2. The predicted octanol–water partition coefficient (Wildman–Crippen LogP) is 6.22. The Morgan fingerprint density at radius 2 is 1.86 bits per heavy atom. The van der Waals surface area contributed by atoms with E-state index >= 15 is 8.78 Å². The number of hydrogen-bond donors (Lipinski definition) is 1. The monoisotopic (exact) mass is 621 g/mol. The van der Waals surface area contributed by atoms with Gasteiger partial charge < -0.3 is 29.3 Å². The second-order valence-corrected chi connectivity index (χ2v) is 11.0. The molecule has 0 aliphatic carbocycles. The third-order valence-corrected chi connectivity index (χ3v) is 8.06. The van der Waals surface area contributed by atoms with Crippen molar-refractivity contribution in [3.8, 4) is 22.8 Å². The van der Waals surface area contributed by atoms with Crippen LogP contribution < -0.4 is 19.7 Å². The lowest BCUT2D eigenvalue weighted by Gasteiger charge is -2.35. The average molecular weight is 622 g/mol. The topological polar surface area (TPSA) is 89.0 Å². The number of hydrogen-bond acceptors (Lipinski definition) is 8. The summed E-state index contributed by atoms with van der Waals surface area (Å²) in [5.41, 5.74) is 2.09. The van der Waals surface area contributed by atoms with Gasteiger partial charge in [-0.15, -0.1) is 0 Å². The number of carbonyl (C=O) groups excluding carboxylic acids is 1. The van der Waals surface area contributed by atoms with Crippen molar-refractivity contribution in [1.29, 1.82) is 0 Å². The highest BCUT2D eigenvalue weighted by Crippen LogP contribution is 2.36. The Bertz CT molecular complexity index is 1700. The number of benzene rings is 2. The summed E-state index contributed by atoms with van der Waals surface area (Å²) in [5, 5.41) is 3.03. The van der Waals surface area contributed by atoms with E-state index in [4.69, 9.17) is 25.8 Å². The van der Waals surface area contributed by atoms with E-state index < -0.39 is 11.6 Å². The number of carbonyl (C=O) groups is 1. The van der Waals surface area contributed by atoms with Crippen LogP contribution in [0.5, 0.6) is 11.5 Å². The third-order valence-electron chi connectivity index (χ3n) is 7.76. The number of aromatic nitrogens is 2. The molecular weight excluding hydrogens is 592 g/mol. The van der Waals surface area contributed by atoms with Crippen LogP contribution in [0.4, 0.5) is 26.0 Å². The second kappa shape index (κ2) is 12.3. The lowest BCUT2D eigenvalue weighted by molar-refractivity contribution is 0.0765. The van der Waals surface area contributed by atoms with Crippen LogP contribution in [0.25, 0.3) is 11.3 Å². The van der Waals surface area contributed by atoms with E-state index in [-0.39, 0.29) is 52.6 Å². The van der Waals surface area contributed by atoms with Crippen molar-refractivity contribution in [1.82, 2.24) is 14.9 Å². The first-order chi connectivity index (χ1) is 21.2. The molecule has 44 heavy (non-hydrogen) atoms. The van der Waals surface area contributed by atoms with Crippen molar-refractivity contribution in [3.63, 3.8) is 0 Å². The molecule has 4 aromatic rings. The van der Waals surface area contributed by atoms with Crippen LogP contribution >= 0.6 is 11.6 Å². The van der Waals surface area contributed by atoms with Crippen molar-refractivity contribution in [2.45, 2.75) is 26.1 Å². The van der Waals surface area contributed by atoms with Gasteiger partial charge in [-0.1, -0.05) is 11.6 Å². The van der Waals surface area contributed by atoms with Gasteiger partial charge in [-0.05, 0) is 49.4 Å². The Hall–Kier alpha value is -4.48. The molecule has 1 N–H and O–H groups in total. The van der Waals surface area contributed by atoms with E-state index in [1.165, 1.54) is 25.3 Å². The summed E-state index contributed by atoms with van der Waals surface area (Å²) < 4.78 is 47.0. The molecule has 2 aromatic carbocycles. The summed E-state index contributed by atoms with van der Waals surface area (Å²) in [6.45, 7) is 4.46. The van der Waals surface area contributed by atoms with Gasteiger partial charge in [0, 0.05) is 29.9 Å². The van der Waals surface area contributed by atoms with Gasteiger partial charge in [0.05, 0.1) is 79.9 Å². The summed E-state index contributed by atoms with van der Waals surface area (Å²) in [4.78, 5) is 25.9. The largest absolute Gasteiger partial charge is 0.497 e. The number of nitrogens with one attached hydrogen (secondary N) is 1. The Kier molecular flexibility index (Phi) is 8.24. The smallest absolute Gasteiger partial charge is 0.257 e. The SMILES string of the molecule is COc1ccc(CN2Cc3nc(-c4c(F)cc(Nc5ccc(N6CCOCC6C)cn5)cc4F)cc(Cl)c3C2=O)c(OC)c1. The molecule has 1 atom stereocenters. The second-order valence-electron chi connectivity index (χ2n) is 10.6.